The number of benzene rings is 4. The van der Waals surface area contributed by atoms with Gasteiger partial charge < -0.3 is 30.1 Å². The van der Waals surface area contributed by atoms with Gasteiger partial charge in [0.15, 0.2) is 6.29 Å². The zero-order valence-corrected chi connectivity index (χ0v) is 30.0. The Bertz CT molecular complexity index is 1940. The SMILES string of the molecule is O=C(O)CCCCCCC(=O)NCc1cccc(-c2ccc([C@H]3O[C@@H](CSc4nnnn4-c4ccc(O)cc4)C[C@@H](c4ccc(CO)cc4)O3)cc2)c1. The molecule has 276 valence electrons. The third kappa shape index (κ3) is 10.7. The number of carboxylic acids is 1. The van der Waals surface area contributed by atoms with E-state index in [4.69, 9.17) is 14.6 Å². The van der Waals surface area contributed by atoms with Crippen molar-refractivity contribution in [1.29, 1.82) is 0 Å². The number of aromatic hydroxyl groups is 1. The molecule has 0 radical (unpaired) electrons. The number of hydrogen-bond acceptors (Lipinski definition) is 10. The number of carbonyl (C=O) groups excluding carboxylic acids is 1. The molecule has 2 heterocycles. The number of carbonyl (C=O) groups is 2. The Kier molecular flexibility index (Phi) is 13.2. The molecule has 0 spiro atoms. The summed E-state index contributed by atoms with van der Waals surface area (Å²) in [5.41, 5.74) is 6.47. The van der Waals surface area contributed by atoms with Crippen LogP contribution < -0.4 is 5.32 Å². The predicted molar refractivity (Wildman–Crippen MR) is 199 cm³/mol. The van der Waals surface area contributed by atoms with E-state index in [1.54, 1.807) is 28.9 Å². The van der Waals surface area contributed by atoms with Crippen LogP contribution in [0.25, 0.3) is 16.8 Å². The number of unbranched alkanes of at least 4 members (excludes halogenated alkanes) is 3. The summed E-state index contributed by atoms with van der Waals surface area (Å²) in [6, 6.07) is 30.6. The van der Waals surface area contributed by atoms with Gasteiger partial charge in [-0.15, -0.1) is 5.10 Å². The van der Waals surface area contributed by atoms with Gasteiger partial charge in [0, 0.05) is 37.1 Å². The lowest BCUT2D eigenvalue weighted by Gasteiger charge is -2.36. The molecule has 1 aromatic heterocycles. The number of amides is 1. The number of thioether (sulfide) groups is 1. The molecule has 0 aliphatic carbocycles. The first kappa shape index (κ1) is 37.7. The van der Waals surface area contributed by atoms with Crippen molar-refractivity contribution in [1.82, 2.24) is 25.5 Å². The maximum absolute atomic E-state index is 12.4. The number of rotatable bonds is 17. The van der Waals surface area contributed by atoms with Crippen LogP contribution in [0.15, 0.2) is 102 Å². The average molecular weight is 738 g/mol. The zero-order valence-electron chi connectivity index (χ0n) is 29.2. The van der Waals surface area contributed by atoms with Crippen molar-refractivity contribution in [3.05, 3.63) is 119 Å². The van der Waals surface area contributed by atoms with Crippen LogP contribution in [0.1, 0.15) is 79.6 Å². The number of aliphatic hydroxyl groups excluding tert-OH is 1. The molecule has 4 N–H and O–H groups in total. The van der Waals surface area contributed by atoms with E-state index in [1.165, 1.54) is 11.8 Å². The predicted octanol–water partition coefficient (Wildman–Crippen LogP) is 6.91. The summed E-state index contributed by atoms with van der Waals surface area (Å²) in [6.07, 6.45) is 3.16. The molecular weight excluding hydrogens is 695 g/mol. The van der Waals surface area contributed by atoms with Crippen molar-refractivity contribution < 1.29 is 34.4 Å². The van der Waals surface area contributed by atoms with Gasteiger partial charge in [0.05, 0.1) is 24.5 Å². The standard InChI is InChI=1S/C40H43N5O7S/c46-25-27-10-12-30(13-11-27)36-23-35(26-53-40-42-43-44-45(40)33-18-20-34(47)21-19-33)51-39(52-36)31-16-14-29(15-17-31)32-7-5-6-28(22-32)24-41-37(48)8-3-1-2-4-9-38(49)50/h5-7,10-22,35-36,39,46-47H,1-4,8-9,23-26H2,(H,41,48)(H,49,50)/t35-,36+,39+/m1/s1. The van der Waals surface area contributed by atoms with E-state index in [-0.39, 0.29) is 36.9 Å². The van der Waals surface area contributed by atoms with E-state index < -0.39 is 12.3 Å². The molecule has 5 aromatic rings. The fourth-order valence-corrected chi connectivity index (χ4v) is 7.02. The van der Waals surface area contributed by atoms with Crippen molar-refractivity contribution in [2.75, 3.05) is 5.75 Å². The molecule has 0 bridgehead atoms. The molecule has 0 saturated carbocycles. The van der Waals surface area contributed by atoms with Crippen LogP contribution in [0, 0.1) is 0 Å². The third-order valence-electron chi connectivity index (χ3n) is 9.03. The number of carboxylic acid groups (broad SMARTS) is 1. The van der Waals surface area contributed by atoms with Gasteiger partial charge in [-0.3, -0.25) is 9.59 Å². The largest absolute Gasteiger partial charge is 0.508 e. The summed E-state index contributed by atoms with van der Waals surface area (Å²) in [7, 11) is 0. The number of nitrogens with zero attached hydrogens (tertiary/aromatic N) is 4. The van der Waals surface area contributed by atoms with Crippen LogP contribution >= 0.6 is 11.8 Å². The first-order chi connectivity index (χ1) is 25.8. The minimum atomic E-state index is -0.783. The number of aliphatic carboxylic acids is 1. The number of nitrogens with one attached hydrogen (secondary N) is 1. The first-order valence-corrected chi connectivity index (χ1v) is 18.7. The maximum Gasteiger partial charge on any atom is 0.303 e. The van der Waals surface area contributed by atoms with Crippen LogP contribution in [0.4, 0.5) is 0 Å². The van der Waals surface area contributed by atoms with Crippen molar-refractivity contribution in [2.24, 2.45) is 0 Å². The Hall–Kier alpha value is -5.08. The summed E-state index contributed by atoms with van der Waals surface area (Å²) in [6.45, 7) is 0.393. The third-order valence-corrected chi connectivity index (χ3v) is 10.1. The number of ether oxygens (including phenoxy) is 2. The Labute approximate surface area is 312 Å². The highest BCUT2D eigenvalue weighted by molar-refractivity contribution is 7.99. The fraction of sp³-hybridized carbons (Fsp3) is 0.325. The lowest BCUT2D eigenvalue weighted by atomic mass is 9.99. The van der Waals surface area contributed by atoms with E-state index >= 15 is 0 Å². The van der Waals surface area contributed by atoms with Gasteiger partial charge in [-0.2, -0.15) is 4.68 Å². The molecule has 6 rings (SSSR count). The number of tetrazole rings is 1. The minimum Gasteiger partial charge on any atom is -0.508 e. The summed E-state index contributed by atoms with van der Waals surface area (Å²) in [5, 5.41) is 43.8. The van der Waals surface area contributed by atoms with Crippen molar-refractivity contribution >= 4 is 23.6 Å². The Balaban J connectivity index is 1.09. The van der Waals surface area contributed by atoms with Gasteiger partial charge in [0.25, 0.3) is 0 Å². The molecule has 1 saturated heterocycles. The van der Waals surface area contributed by atoms with Gasteiger partial charge in [-0.1, -0.05) is 91.3 Å². The fourth-order valence-electron chi connectivity index (χ4n) is 6.11. The Morgan fingerprint density at radius 3 is 2.30 bits per heavy atom. The maximum atomic E-state index is 12.4. The molecule has 13 heteroatoms. The van der Waals surface area contributed by atoms with Crippen molar-refractivity contribution in [3.8, 4) is 22.6 Å². The van der Waals surface area contributed by atoms with Gasteiger partial charge in [-0.25, -0.2) is 0 Å². The number of aliphatic hydroxyl groups is 1. The van der Waals surface area contributed by atoms with Crippen molar-refractivity contribution in [3.63, 3.8) is 0 Å². The monoisotopic (exact) mass is 737 g/mol. The molecule has 1 amide bonds. The summed E-state index contributed by atoms with van der Waals surface area (Å²) in [5.74, 6) is -0.0676. The second kappa shape index (κ2) is 18.6. The quantitative estimate of drug-likeness (QED) is 0.0578. The minimum absolute atomic E-state index is 0.0132. The van der Waals surface area contributed by atoms with E-state index in [1.807, 2.05) is 66.7 Å². The highest BCUT2D eigenvalue weighted by Gasteiger charge is 2.32. The van der Waals surface area contributed by atoms with E-state index in [0.717, 1.165) is 58.3 Å². The average Bonchev–Trinajstić information content (AvgIpc) is 3.66. The highest BCUT2D eigenvalue weighted by atomic mass is 32.2. The Morgan fingerprint density at radius 1 is 0.830 bits per heavy atom. The van der Waals surface area contributed by atoms with Gasteiger partial charge in [0.2, 0.25) is 11.1 Å². The number of hydrogen-bond donors (Lipinski definition) is 4. The summed E-state index contributed by atoms with van der Waals surface area (Å²) in [4.78, 5) is 23.0. The molecule has 12 nitrogen and oxygen atoms in total. The summed E-state index contributed by atoms with van der Waals surface area (Å²) >= 11 is 1.48. The number of phenols is 1. The van der Waals surface area contributed by atoms with Gasteiger partial charge in [-0.05, 0) is 81.4 Å². The molecule has 0 unspecified atom stereocenters. The normalized spacial score (nSPS) is 17.0. The lowest BCUT2D eigenvalue weighted by molar-refractivity contribution is -0.245. The second-order valence-electron chi connectivity index (χ2n) is 13.0. The second-order valence-corrected chi connectivity index (χ2v) is 13.9. The smallest absolute Gasteiger partial charge is 0.303 e. The molecule has 3 atom stereocenters. The first-order valence-electron chi connectivity index (χ1n) is 17.7. The number of phenolic OH excluding ortho intramolecular Hbond substituents is 1. The van der Waals surface area contributed by atoms with Crippen LogP contribution in [-0.4, -0.2) is 59.3 Å². The van der Waals surface area contributed by atoms with E-state index in [9.17, 15) is 19.8 Å². The number of aromatic nitrogens is 4. The lowest BCUT2D eigenvalue weighted by Crippen LogP contribution is -2.31. The summed E-state index contributed by atoms with van der Waals surface area (Å²) < 4.78 is 14.7. The van der Waals surface area contributed by atoms with Crippen molar-refractivity contribution in [2.45, 2.75) is 81.8 Å². The van der Waals surface area contributed by atoms with Gasteiger partial charge >= 0.3 is 5.97 Å². The zero-order chi connectivity index (χ0) is 37.0. The molecule has 1 fully saturated rings. The van der Waals surface area contributed by atoms with Crippen LogP contribution in [0.2, 0.25) is 0 Å². The van der Waals surface area contributed by atoms with Gasteiger partial charge in [0.1, 0.15) is 5.75 Å². The Morgan fingerprint density at radius 2 is 1.57 bits per heavy atom. The van der Waals surface area contributed by atoms with Crippen LogP contribution in [0.5, 0.6) is 5.75 Å². The van der Waals surface area contributed by atoms with E-state index in [0.29, 0.717) is 36.7 Å². The van der Waals surface area contributed by atoms with Crippen LogP contribution in [0.3, 0.4) is 0 Å². The molecule has 1 aliphatic heterocycles. The molecular formula is C40H43N5O7S. The molecule has 4 aromatic carbocycles. The highest BCUT2D eigenvalue weighted by Crippen LogP contribution is 2.40. The topological polar surface area (TPSA) is 169 Å². The molecule has 1 aliphatic rings. The molecule has 53 heavy (non-hydrogen) atoms. The van der Waals surface area contributed by atoms with Crippen LogP contribution in [-0.2, 0) is 32.2 Å². The van der Waals surface area contributed by atoms with E-state index in [2.05, 4.69) is 26.9 Å².